The molecule has 5 nitrogen and oxygen atoms in total. The minimum Gasteiger partial charge on any atom is -0.437 e. The third-order valence-electron chi connectivity index (χ3n) is 2.98. The topological polar surface area (TPSA) is 78.3 Å². The van der Waals surface area contributed by atoms with Gasteiger partial charge in [-0.25, -0.2) is 9.78 Å². The number of halogens is 1. The number of fused-ring (bicyclic) bond motifs is 1. The lowest BCUT2D eigenvalue weighted by molar-refractivity contribution is 0.464. The van der Waals surface area contributed by atoms with Gasteiger partial charge in [0, 0.05) is 23.7 Å². The minimum absolute atomic E-state index is 0.244. The van der Waals surface area contributed by atoms with Gasteiger partial charge >= 0.3 is 5.63 Å². The highest BCUT2D eigenvalue weighted by Crippen LogP contribution is 2.29. The van der Waals surface area contributed by atoms with Gasteiger partial charge in [-0.05, 0) is 30.7 Å². The van der Waals surface area contributed by atoms with E-state index in [0.29, 0.717) is 22.0 Å². The van der Waals surface area contributed by atoms with Crippen LogP contribution in [-0.2, 0) is 0 Å². The maximum Gasteiger partial charge on any atom is 0.336 e. The Morgan fingerprint density at radius 3 is 2.86 bits per heavy atom. The lowest BCUT2D eigenvalue weighted by Crippen LogP contribution is -1.98. The van der Waals surface area contributed by atoms with Crippen molar-refractivity contribution in [3.05, 3.63) is 57.5 Å². The average molecular weight is 303 g/mol. The van der Waals surface area contributed by atoms with Crippen molar-refractivity contribution in [1.82, 2.24) is 4.98 Å². The number of pyridine rings is 1. The predicted octanol–water partition coefficient (Wildman–Crippen LogP) is 3.52. The molecule has 1 aromatic carbocycles. The summed E-state index contributed by atoms with van der Waals surface area (Å²) in [5.74, 6) is 0.714. The van der Waals surface area contributed by atoms with Crippen molar-refractivity contribution in [2.24, 2.45) is 0 Å². The Hall–Kier alpha value is -2.53. The van der Waals surface area contributed by atoms with Crippen LogP contribution in [0, 0.1) is 6.92 Å². The van der Waals surface area contributed by atoms with E-state index in [1.807, 2.05) is 13.0 Å². The first kappa shape index (κ1) is 13.5. The van der Waals surface area contributed by atoms with Gasteiger partial charge in [-0.15, -0.1) is 0 Å². The fraction of sp³-hybridized carbons (Fsp3) is 0.0667. The molecule has 2 aromatic heterocycles. The molecule has 0 amide bonds. The molecule has 2 N–H and O–H groups in total. The zero-order valence-electron chi connectivity index (χ0n) is 11.1. The zero-order chi connectivity index (χ0) is 15.0. The summed E-state index contributed by atoms with van der Waals surface area (Å²) in [5, 5.41) is 1.28. The standard InChI is InChI=1S/C15H11ClN2O3/c1-8-4-14(19)21-13-6-10(2-3-11(8)13)20-15-12(17)5-9(16)7-18-15/h2-7H,17H2,1H3. The molecule has 6 heteroatoms. The van der Waals surface area contributed by atoms with Crippen LogP contribution < -0.4 is 16.1 Å². The molecular formula is C15H11ClN2O3. The summed E-state index contributed by atoms with van der Waals surface area (Å²) < 4.78 is 10.8. The smallest absolute Gasteiger partial charge is 0.336 e. The quantitative estimate of drug-likeness (QED) is 0.733. The van der Waals surface area contributed by atoms with E-state index < -0.39 is 5.63 Å². The summed E-state index contributed by atoms with van der Waals surface area (Å²) in [4.78, 5) is 15.4. The molecule has 0 aliphatic carbocycles. The minimum atomic E-state index is -0.402. The molecule has 3 rings (SSSR count). The molecule has 106 valence electrons. The lowest BCUT2D eigenvalue weighted by Gasteiger charge is -2.08. The third kappa shape index (κ3) is 2.68. The predicted molar refractivity (Wildman–Crippen MR) is 81.0 cm³/mol. The van der Waals surface area contributed by atoms with Crippen molar-refractivity contribution in [3.63, 3.8) is 0 Å². The number of aryl methyl sites for hydroxylation is 1. The monoisotopic (exact) mass is 302 g/mol. The van der Waals surface area contributed by atoms with Crippen LogP contribution in [0.2, 0.25) is 5.02 Å². The molecule has 21 heavy (non-hydrogen) atoms. The second-order valence-corrected chi connectivity index (χ2v) is 4.99. The lowest BCUT2D eigenvalue weighted by atomic mass is 10.1. The number of hydrogen-bond donors (Lipinski definition) is 1. The third-order valence-corrected chi connectivity index (χ3v) is 3.19. The van der Waals surface area contributed by atoms with Crippen molar-refractivity contribution >= 4 is 28.3 Å². The molecule has 0 bridgehead atoms. The number of benzene rings is 1. The van der Waals surface area contributed by atoms with Crippen molar-refractivity contribution < 1.29 is 9.15 Å². The van der Waals surface area contributed by atoms with E-state index >= 15 is 0 Å². The van der Waals surface area contributed by atoms with E-state index in [1.54, 1.807) is 18.2 Å². The number of anilines is 1. The zero-order valence-corrected chi connectivity index (χ0v) is 11.8. The highest BCUT2D eigenvalue weighted by Gasteiger charge is 2.08. The van der Waals surface area contributed by atoms with Gasteiger partial charge in [-0.3, -0.25) is 0 Å². The van der Waals surface area contributed by atoms with Gasteiger partial charge in [0.05, 0.1) is 10.7 Å². The molecular weight excluding hydrogens is 292 g/mol. The number of nitrogens with zero attached hydrogens (tertiary/aromatic N) is 1. The van der Waals surface area contributed by atoms with Crippen LogP contribution in [0.15, 0.2) is 45.7 Å². The summed E-state index contributed by atoms with van der Waals surface area (Å²) in [5.41, 5.74) is 7.00. The molecule has 0 fully saturated rings. The average Bonchev–Trinajstić information content (AvgIpc) is 2.41. The largest absolute Gasteiger partial charge is 0.437 e. The second kappa shape index (κ2) is 5.10. The summed E-state index contributed by atoms with van der Waals surface area (Å²) in [6.45, 7) is 1.85. The Kier molecular flexibility index (Phi) is 3.27. The molecule has 0 atom stereocenters. The van der Waals surface area contributed by atoms with Crippen LogP contribution in [0.4, 0.5) is 5.69 Å². The Morgan fingerprint density at radius 1 is 1.29 bits per heavy atom. The van der Waals surface area contributed by atoms with Gasteiger partial charge in [0.15, 0.2) is 0 Å². The van der Waals surface area contributed by atoms with Crippen LogP contribution >= 0.6 is 11.6 Å². The molecule has 2 heterocycles. The first-order chi connectivity index (χ1) is 10.0. The number of hydrogen-bond acceptors (Lipinski definition) is 5. The second-order valence-electron chi connectivity index (χ2n) is 4.56. The molecule has 3 aromatic rings. The number of nitrogens with two attached hydrogens (primary N) is 1. The van der Waals surface area contributed by atoms with Gasteiger partial charge in [0.25, 0.3) is 0 Å². The number of aromatic nitrogens is 1. The Balaban J connectivity index is 2.03. The Bertz CT molecular complexity index is 890. The molecule has 0 saturated heterocycles. The normalized spacial score (nSPS) is 10.8. The highest BCUT2D eigenvalue weighted by molar-refractivity contribution is 6.30. The molecule has 0 radical (unpaired) electrons. The van der Waals surface area contributed by atoms with Crippen LogP contribution in [0.25, 0.3) is 11.0 Å². The van der Waals surface area contributed by atoms with Gasteiger partial charge < -0.3 is 14.9 Å². The summed E-state index contributed by atoms with van der Waals surface area (Å²) in [6, 6.07) is 8.19. The SMILES string of the molecule is Cc1cc(=O)oc2cc(Oc3ncc(Cl)cc3N)ccc12. The number of rotatable bonds is 2. The van der Waals surface area contributed by atoms with E-state index in [9.17, 15) is 4.79 Å². The fourth-order valence-corrected chi connectivity index (χ4v) is 2.17. The maximum atomic E-state index is 11.4. The number of ether oxygens (including phenoxy) is 1. The van der Waals surface area contributed by atoms with Gasteiger partial charge in [0.2, 0.25) is 5.88 Å². The summed E-state index contributed by atoms with van der Waals surface area (Å²) in [6.07, 6.45) is 1.44. The van der Waals surface area contributed by atoms with Crippen molar-refractivity contribution in [2.75, 3.05) is 5.73 Å². The van der Waals surface area contributed by atoms with E-state index in [4.69, 9.17) is 26.5 Å². The first-order valence-corrected chi connectivity index (χ1v) is 6.54. The highest BCUT2D eigenvalue weighted by atomic mass is 35.5. The summed E-state index contributed by atoms with van der Waals surface area (Å²) in [7, 11) is 0. The molecule has 0 unspecified atom stereocenters. The van der Waals surface area contributed by atoms with E-state index in [0.717, 1.165) is 10.9 Å². The van der Waals surface area contributed by atoms with Crippen LogP contribution in [-0.4, -0.2) is 4.98 Å². The van der Waals surface area contributed by atoms with Gasteiger partial charge in [0.1, 0.15) is 11.3 Å². The Labute approximate surface area is 124 Å². The van der Waals surface area contributed by atoms with Crippen LogP contribution in [0.1, 0.15) is 5.56 Å². The molecule has 0 aliphatic heterocycles. The van der Waals surface area contributed by atoms with Crippen molar-refractivity contribution in [3.8, 4) is 11.6 Å². The van der Waals surface area contributed by atoms with Crippen molar-refractivity contribution in [1.29, 1.82) is 0 Å². The van der Waals surface area contributed by atoms with Crippen LogP contribution in [0.3, 0.4) is 0 Å². The van der Waals surface area contributed by atoms with E-state index in [-0.39, 0.29) is 5.88 Å². The van der Waals surface area contributed by atoms with Crippen molar-refractivity contribution in [2.45, 2.75) is 6.92 Å². The number of nitrogen functional groups attached to an aromatic ring is 1. The fourth-order valence-electron chi connectivity index (χ4n) is 2.01. The van der Waals surface area contributed by atoms with Gasteiger partial charge in [-0.2, -0.15) is 0 Å². The van der Waals surface area contributed by atoms with Gasteiger partial charge in [-0.1, -0.05) is 11.6 Å². The Morgan fingerprint density at radius 2 is 2.10 bits per heavy atom. The van der Waals surface area contributed by atoms with E-state index in [1.165, 1.54) is 12.3 Å². The molecule has 0 spiro atoms. The van der Waals surface area contributed by atoms with E-state index in [2.05, 4.69) is 4.98 Å². The molecule has 0 aliphatic rings. The molecule has 0 saturated carbocycles. The van der Waals surface area contributed by atoms with Crippen LogP contribution in [0.5, 0.6) is 11.6 Å². The maximum absolute atomic E-state index is 11.4. The summed E-state index contributed by atoms with van der Waals surface area (Å²) >= 11 is 5.79. The first-order valence-electron chi connectivity index (χ1n) is 6.16.